The first-order valence-corrected chi connectivity index (χ1v) is 9.67. The number of nitrogens with zero attached hydrogens (tertiary/aromatic N) is 3. The van der Waals surface area contributed by atoms with Crippen molar-refractivity contribution in [2.45, 2.75) is 33.2 Å². The van der Waals surface area contributed by atoms with Gasteiger partial charge in [-0.2, -0.15) is 0 Å². The molecule has 0 aliphatic heterocycles. The highest BCUT2D eigenvalue weighted by atomic mass is 16.1. The van der Waals surface area contributed by atoms with Gasteiger partial charge in [-0.1, -0.05) is 31.2 Å². The van der Waals surface area contributed by atoms with Crippen molar-refractivity contribution in [1.82, 2.24) is 20.2 Å². The first-order chi connectivity index (χ1) is 13.4. The number of likely N-dealkylation sites (N-methyl/N-ethyl adjacent to an activating group) is 1. The van der Waals surface area contributed by atoms with Crippen molar-refractivity contribution in [3.05, 3.63) is 70.5 Å². The first kappa shape index (κ1) is 20.0. The molecule has 0 saturated heterocycles. The molecule has 0 aliphatic carbocycles. The van der Waals surface area contributed by atoms with Crippen molar-refractivity contribution in [2.24, 2.45) is 0 Å². The number of fused-ring (bicyclic) bond motifs is 1. The Morgan fingerprint density at radius 1 is 1.00 bits per heavy atom. The van der Waals surface area contributed by atoms with Gasteiger partial charge >= 0.3 is 0 Å². The molecule has 1 amide bonds. The fraction of sp³-hybridized carbons (Fsp3) is 0.348. The molecule has 0 aliphatic rings. The number of carbonyl (C=O) groups excluding carboxylic acids is 1. The number of aryl methyl sites for hydroxylation is 3. The molecule has 0 spiro atoms. The van der Waals surface area contributed by atoms with Crippen LogP contribution in [0, 0.1) is 13.8 Å². The Kier molecular flexibility index (Phi) is 6.05. The van der Waals surface area contributed by atoms with Crippen LogP contribution in [0.3, 0.4) is 0 Å². The molecule has 5 heteroatoms. The number of nitrogens with one attached hydrogen (secondary N) is 1. The van der Waals surface area contributed by atoms with E-state index in [1.165, 1.54) is 11.1 Å². The average molecular weight is 377 g/mol. The Labute approximate surface area is 166 Å². The minimum atomic E-state index is -0.0982. The number of carbonyl (C=O) groups is 1. The second-order valence-electron chi connectivity index (χ2n) is 7.38. The maximum atomic E-state index is 12.7. The number of hydrogen-bond acceptors (Lipinski definition) is 4. The summed E-state index contributed by atoms with van der Waals surface area (Å²) in [4.78, 5) is 23.9. The van der Waals surface area contributed by atoms with Gasteiger partial charge in [-0.25, -0.2) is 9.97 Å². The SMILES string of the molecule is CCc1ccc(C(CNC(=O)c2ccc3nc(C)c(C)nc3c2)N(C)C)cc1. The summed E-state index contributed by atoms with van der Waals surface area (Å²) in [6.07, 6.45) is 1.02. The molecule has 1 unspecified atom stereocenters. The van der Waals surface area contributed by atoms with E-state index in [-0.39, 0.29) is 11.9 Å². The van der Waals surface area contributed by atoms with Gasteiger partial charge in [0, 0.05) is 12.1 Å². The van der Waals surface area contributed by atoms with Crippen LogP contribution in [0.2, 0.25) is 0 Å². The second kappa shape index (κ2) is 8.48. The van der Waals surface area contributed by atoms with Crippen LogP contribution in [0.1, 0.15) is 45.8 Å². The van der Waals surface area contributed by atoms with Gasteiger partial charge in [0.15, 0.2) is 0 Å². The van der Waals surface area contributed by atoms with E-state index in [0.717, 1.165) is 28.8 Å². The molecule has 0 bridgehead atoms. The van der Waals surface area contributed by atoms with Crippen molar-refractivity contribution < 1.29 is 4.79 Å². The number of amides is 1. The maximum absolute atomic E-state index is 12.7. The van der Waals surface area contributed by atoms with Crippen molar-refractivity contribution in [3.63, 3.8) is 0 Å². The summed E-state index contributed by atoms with van der Waals surface area (Å²) in [5.74, 6) is -0.0982. The highest BCUT2D eigenvalue weighted by Gasteiger charge is 2.16. The van der Waals surface area contributed by atoms with Crippen molar-refractivity contribution in [1.29, 1.82) is 0 Å². The molecular formula is C23H28N4O. The van der Waals surface area contributed by atoms with Crippen LogP contribution in [0.25, 0.3) is 11.0 Å². The summed E-state index contributed by atoms with van der Waals surface area (Å²) in [5.41, 5.74) is 6.45. The van der Waals surface area contributed by atoms with Crippen LogP contribution in [-0.2, 0) is 6.42 Å². The van der Waals surface area contributed by atoms with Gasteiger partial charge in [0.2, 0.25) is 0 Å². The van der Waals surface area contributed by atoms with Crippen LogP contribution in [0.4, 0.5) is 0 Å². The van der Waals surface area contributed by atoms with Crippen molar-refractivity contribution in [2.75, 3.05) is 20.6 Å². The Balaban J connectivity index is 1.75. The molecule has 1 heterocycles. The van der Waals surface area contributed by atoms with Gasteiger partial charge < -0.3 is 10.2 Å². The monoisotopic (exact) mass is 376 g/mol. The smallest absolute Gasteiger partial charge is 0.251 e. The molecular weight excluding hydrogens is 348 g/mol. The Hall–Kier alpha value is -2.79. The van der Waals surface area contributed by atoms with E-state index in [1.807, 2.05) is 46.1 Å². The predicted molar refractivity (Wildman–Crippen MR) is 114 cm³/mol. The summed E-state index contributed by atoms with van der Waals surface area (Å²) in [5, 5.41) is 3.07. The molecule has 0 saturated carbocycles. The Morgan fingerprint density at radius 3 is 2.25 bits per heavy atom. The quantitative estimate of drug-likeness (QED) is 0.710. The Bertz CT molecular complexity index is 980. The normalized spacial score (nSPS) is 12.4. The summed E-state index contributed by atoms with van der Waals surface area (Å²) >= 11 is 0. The van der Waals surface area contributed by atoms with E-state index >= 15 is 0 Å². The minimum absolute atomic E-state index is 0.0982. The highest BCUT2D eigenvalue weighted by molar-refractivity contribution is 5.97. The average Bonchev–Trinajstić information content (AvgIpc) is 2.68. The molecule has 146 valence electrons. The third kappa shape index (κ3) is 4.37. The Morgan fingerprint density at radius 2 is 1.64 bits per heavy atom. The molecule has 0 radical (unpaired) electrons. The zero-order valence-corrected chi connectivity index (χ0v) is 17.3. The van der Waals surface area contributed by atoms with E-state index in [0.29, 0.717) is 12.1 Å². The number of aromatic nitrogens is 2. The summed E-state index contributed by atoms with van der Waals surface area (Å²) < 4.78 is 0. The van der Waals surface area contributed by atoms with Crippen LogP contribution < -0.4 is 5.32 Å². The molecule has 1 atom stereocenters. The second-order valence-corrected chi connectivity index (χ2v) is 7.38. The number of benzene rings is 2. The fourth-order valence-electron chi connectivity index (χ4n) is 3.24. The molecule has 2 aromatic carbocycles. The topological polar surface area (TPSA) is 58.1 Å². The standard InChI is InChI=1S/C23H28N4O/c1-6-17-7-9-18(10-8-17)22(27(4)5)14-24-23(28)19-11-12-20-21(13-19)26-16(3)15(2)25-20/h7-13,22H,6,14H2,1-5H3,(H,24,28). The van der Waals surface area contributed by atoms with E-state index in [9.17, 15) is 4.79 Å². The lowest BCUT2D eigenvalue weighted by Crippen LogP contribution is -2.34. The predicted octanol–water partition coefficient (Wildman–Crippen LogP) is 3.84. The van der Waals surface area contributed by atoms with Crippen molar-refractivity contribution in [3.8, 4) is 0 Å². The van der Waals surface area contributed by atoms with Crippen LogP contribution >= 0.6 is 0 Å². The largest absolute Gasteiger partial charge is 0.350 e. The van der Waals surface area contributed by atoms with Crippen molar-refractivity contribution >= 4 is 16.9 Å². The van der Waals surface area contributed by atoms with Gasteiger partial charge in [-0.15, -0.1) is 0 Å². The third-order valence-electron chi connectivity index (χ3n) is 5.19. The molecule has 0 fully saturated rings. The highest BCUT2D eigenvalue weighted by Crippen LogP contribution is 2.19. The third-order valence-corrected chi connectivity index (χ3v) is 5.19. The van der Waals surface area contributed by atoms with Gasteiger partial charge in [0.1, 0.15) is 0 Å². The van der Waals surface area contributed by atoms with Crippen LogP contribution in [0.5, 0.6) is 0 Å². The molecule has 3 aromatic rings. The fourth-order valence-corrected chi connectivity index (χ4v) is 3.24. The van der Waals surface area contributed by atoms with E-state index < -0.39 is 0 Å². The van der Waals surface area contributed by atoms with Gasteiger partial charge in [-0.3, -0.25) is 4.79 Å². The lowest BCUT2D eigenvalue weighted by Gasteiger charge is -2.25. The molecule has 1 aromatic heterocycles. The van der Waals surface area contributed by atoms with E-state index in [2.05, 4.69) is 51.4 Å². The molecule has 1 N–H and O–H groups in total. The van der Waals surface area contributed by atoms with Crippen LogP contribution in [0.15, 0.2) is 42.5 Å². The lowest BCUT2D eigenvalue weighted by atomic mass is 10.0. The van der Waals surface area contributed by atoms with Gasteiger partial charge in [-0.05, 0) is 63.7 Å². The molecule has 28 heavy (non-hydrogen) atoms. The van der Waals surface area contributed by atoms with Gasteiger partial charge in [0.05, 0.1) is 28.5 Å². The zero-order chi connectivity index (χ0) is 20.3. The zero-order valence-electron chi connectivity index (χ0n) is 17.3. The van der Waals surface area contributed by atoms with Gasteiger partial charge in [0.25, 0.3) is 5.91 Å². The summed E-state index contributed by atoms with van der Waals surface area (Å²) in [6, 6.07) is 14.2. The van der Waals surface area contributed by atoms with Crippen LogP contribution in [-0.4, -0.2) is 41.4 Å². The molecule has 3 rings (SSSR count). The first-order valence-electron chi connectivity index (χ1n) is 9.67. The maximum Gasteiger partial charge on any atom is 0.251 e. The minimum Gasteiger partial charge on any atom is -0.350 e. The number of hydrogen-bond donors (Lipinski definition) is 1. The van der Waals surface area contributed by atoms with E-state index in [4.69, 9.17) is 0 Å². The summed E-state index contributed by atoms with van der Waals surface area (Å²) in [6.45, 7) is 6.56. The summed E-state index contributed by atoms with van der Waals surface area (Å²) in [7, 11) is 4.06. The molecule has 5 nitrogen and oxygen atoms in total. The number of rotatable bonds is 6. The lowest BCUT2D eigenvalue weighted by molar-refractivity contribution is 0.0942. The van der Waals surface area contributed by atoms with E-state index in [1.54, 1.807) is 0 Å².